The second-order valence-electron chi connectivity index (χ2n) is 24.9. The molecule has 0 aliphatic carbocycles. The molecule has 0 aromatic carbocycles. The highest BCUT2D eigenvalue weighted by atomic mass is 16.5. The summed E-state index contributed by atoms with van der Waals surface area (Å²) < 4.78 is 5.49. The van der Waals surface area contributed by atoms with Crippen LogP contribution < -0.4 is 5.32 Å². The van der Waals surface area contributed by atoms with Gasteiger partial charge in [0.2, 0.25) is 5.91 Å². The maximum atomic E-state index is 12.5. The molecular weight excluding hydrogens is 995 g/mol. The Morgan fingerprint density at radius 2 is 0.617 bits per heavy atom. The second kappa shape index (κ2) is 70.3. The molecule has 0 bridgehead atoms. The third-order valence-corrected chi connectivity index (χ3v) is 16.8. The van der Waals surface area contributed by atoms with Gasteiger partial charge in [0.25, 0.3) is 0 Å². The summed E-state index contributed by atoms with van der Waals surface area (Å²) in [6.07, 6.45) is 92.1. The van der Waals surface area contributed by atoms with Crippen molar-refractivity contribution in [3.05, 3.63) is 48.6 Å². The lowest BCUT2D eigenvalue weighted by molar-refractivity contribution is -0.143. The van der Waals surface area contributed by atoms with Gasteiger partial charge in [-0.25, -0.2) is 0 Å². The SMILES string of the molecule is CCCCCCCCC/C=C\CCCCCCCC(=O)OCCCCCCCCCCCCC/C=C\C/C=C\CCCCCCCCCCCCCCCCCCCC(=O)NC(CO)C(O)/C=C/CCCCCCCCCCCCC. The Labute approximate surface area is 506 Å². The summed E-state index contributed by atoms with van der Waals surface area (Å²) in [6, 6.07) is -0.626. The van der Waals surface area contributed by atoms with Crippen molar-refractivity contribution in [1.29, 1.82) is 0 Å². The fourth-order valence-corrected chi connectivity index (χ4v) is 11.3. The first-order valence-corrected chi connectivity index (χ1v) is 36.4. The predicted octanol–water partition coefficient (Wildman–Crippen LogP) is 23.6. The fourth-order valence-electron chi connectivity index (χ4n) is 11.3. The minimum atomic E-state index is -0.842. The average Bonchev–Trinajstić information content (AvgIpc) is 3.47. The lowest BCUT2D eigenvalue weighted by Crippen LogP contribution is -2.45. The maximum absolute atomic E-state index is 12.5. The molecule has 3 N–H and O–H groups in total. The molecule has 0 saturated carbocycles. The van der Waals surface area contributed by atoms with Gasteiger partial charge in [-0.3, -0.25) is 9.59 Å². The standard InChI is InChI=1S/C75H141NO5/c1-3-5-7-9-11-13-15-17-18-41-45-49-53-57-61-65-69-75(80)81-70-66-62-58-54-50-46-42-39-37-35-33-31-29-27-25-23-21-19-20-22-24-26-28-30-32-34-36-38-40-44-48-52-56-60-64-68-74(79)76-72(71-77)73(78)67-63-59-55-51-47-43-16-14-12-10-8-6-4-2/h18,21,23,27,29,41,63,67,72-73,77-78H,3-17,19-20,22,24-26,28,30-40,42-62,64-66,68-71H2,1-2H3,(H,76,79)/b23-21-,29-27-,41-18-,67-63+. The molecule has 0 fully saturated rings. The van der Waals surface area contributed by atoms with Crippen LogP contribution in [0.15, 0.2) is 48.6 Å². The Balaban J connectivity index is 3.37. The maximum Gasteiger partial charge on any atom is 0.305 e. The van der Waals surface area contributed by atoms with Crippen molar-refractivity contribution in [1.82, 2.24) is 5.32 Å². The van der Waals surface area contributed by atoms with Gasteiger partial charge >= 0.3 is 5.97 Å². The van der Waals surface area contributed by atoms with Crippen molar-refractivity contribution in [2.24, 2.45) is 0 Å². The van der Waals surface area contributed by atoms with E-state index in [1.807, 2.05) is 6.08 Å². The summed E-state index contributed by atoms with van der Waals surface area (Å²) in [5, 5.41) is 23.1. The lowest BCUT2D eigenvalue weighted by atomic mass is 10.0. The van der Waals surface area contributed by atoms with E-state index in [0.29, 0.717) is 19.4 Å². The summed E-state index contributed by atoms with van der Waals surface area (Å²) in [7, 11) is 0. The molecule has 0 saturated heterocycles. The molecule has 1 amide bonds. The fraction of sp³-hybridized carbons (Fsp3) is 0.867. The van der Waals surface area contributed by atoms with Crippen LogP contribution in [0.25, 0.3) is 0 Å². The van der Waals surface area contributed by atoms with Gasteiger partial charge in [0.1, 0.15) is 0 Å². The van der Waals surface area contributed by atoms with Gasteiger partial charge in [-0.2, -0.15) is 0 Å². The first-order chi connectivity index (χ1) is 40.0. The van der Waals surface area contributed by atoms with E-state index in [-0.39, 0.29) is 18.5 Å². The van der Waals surface area contributed by atoms with Crippen molar-refractivity contribution in [2.75, 3.05) is 13.2 Å². The zero-order chi connectivity index (χ0) is 58.5. The Morgan fingerprint density at radius 1 is 0.346 bits per heavy atom. The molecule has 6 heteroatoms. The van der Waals surface area contributed by atoms with E-state index in [0.717, 1.165) is 51.4 Å². The van der Waals surface area contributed by atoms with Gasteiger partial charge in [-0.05, 0) is 89.9 Å². The Hall–Kier alpha value is -2.18. The van der Waals surface area contributed by atoms with E-state index in [4.69, 9.17) is 4.74 Å². The van der Waals surface area contributed by atoms with Gasteiger partial charge in [0, 0.05) is 12.8 Å². The van der Waals surface area contributed by atoms with Gasteiger partial charge in [0.05, 0.1) is 25.4 Å². The number of amides is 1. The second-order valence-corrected chi connectivity index (χ2v) is 24.9. The van der Waals surface area contributed by atoms with Crippen molar-refractivity contribution in [2.45, 2.75) is 405 Å². The van der Waals surface area contributed by atoms with E-state index in [1.165, 1.54) is 315 Å². The number of hydrogen-bond donors (Lipinski definition) is 3. The van der Waals surface area contributed by atoms with E-state index in [9.17, 15) is 19.8 Å². The van der Waals surface area contributed by atoms with Crippen LogP contribution in [-0.2, 0) is 14.3 Å². The Kier molecular flexibility index (Phi) is 68.4. The predicted molar refractivity (Wildman–Crippen MR) is 356 cm³/mol. The number of ether oxygens (including phenoxy) is 1. The van der Waals surface area contributed by atoms with Crippen LogP contribution in [0.1, 0.15) is 393 Å². The first-order valence-electron chi connectivity index (χ1n) is 36.4. The lowest BCUT2D eigenvalue weighted by Gasteiger charge is -2.20. The highest BCUT2D eigenvalue weighted by Crippen LogP contribution is 2.18. The molecule has 476 valence electrons. The van der Waals surface area contributed by atoms with Crippen LogP contribution in [0.4, 0.5) is 0 Å². The number of nitrogens with one attached hydrogen (secondary N) is 1. The summed E-state index contributed by atoms with van der Waals surface area (Å²) in [5.41, 5.74) is 0. The number of allylic oxidation sites excluding steroid dienone is 7. The molecular formula is C75H141NO5. The molecule has 81 heavy (non-hydrogen) atoms. The quantitative estimate of drug-likeness (QED) is 0.0320. The zero-order valence-electron chi connectivity index (χ0n) is 54.5. The van der Waals surface area contributed by atoms with Gasteiger partial charge in [-0.1, -0.05) is 339 Å². The van der Waals surface area contributed by atoms with Crippen molar-refractivity contribution in [3.63, 3.8) is 0 Å². The van der Waals surface area contributed by atoms with Crippen LogP contribution in [0.2, 0.25) is 0 Å². The summed E-state index contributed by atoms with van der Waals surface area (Å²) in [5.74, 6) is -0.0554. The number of rotatable bonds is 68. The molecule has 0 radical (unpaired) electrons. The molecule has 0 heterocycles. The van der Waals surface area contributed by atoms with Crippen molar-refractivity contribution < 1.29 is 24.5 Å². The van der Waals surface area contributed by atoms with Crippen LogP contribution in [0, 0.1) is 0 Å². The molecule has 0 aromatic heterocycles. The van der Waals surface area contributed by atoms with Crippen LogP contribution in [-0.4, -0.2) is 47.4 Å². The molecule has 6 nitrogen and oxygen atoms in total. The van der Waals surface area contributed by atoms with Crippen molar-refractivity contribution in [3.8, 4) is 0 Å². The minimum Gasteiger partial charge on any atom is -0.466 e. The van der Waals surface area contributed by atoms with Gasteiger partial charge in [-0.15, -0.1) is 0 Å². The number of hydrogen-bond acceptors (Lipinski definition) is 5. The Bertz CT molecular complexity index is 1360. The van der Waals surface area contributed by atoms with Crippen molar-refractivity contribution >= 4 is 11.9 Å². The van der Waals surface area contributed by atoms with E-state index < -0.39 is 12.1 Å². The summed E-state index contributed by atoms with van der Waals surface area (Å²) in [6.45, 7) is 4.92. The van der Waals surface area contributed by atoms with Gasteiger partial charge < -0.3 is 20.3 Å². The summed E-state index contributed by atoms with van der Waals surface area (Å²) >= 11 is 0. The molecule has 0 aliphatic heterocycles. The summed E-state index contributed by atoms with van der Waals surface area (Å²) in [4.78, 5) is 24.5. The molecule has 0 aliphatic rings. The van der Waals surface area contributed by atoms with Crippen LogP contribution in [0.3, 0.4) is 0 Å². The number of aliphatic hydroxyl groups is 2. The smallest absolute Gasteiger partial charge is 0.305 e. The topological polar surface area (TPSA) is 95.9 Å². The molecule has 2 atom stereocenters. The monoisotopic (exact) mass is 1140 g/mol. The molecule has 2 unspecified atom stereocenters. The van der Waals surface area contributed by atoms with E-state index in [2.05, 4.69) is 55.6 Å². The van der Waals surface area contributed by atoms with Crippen LogP contribution >= 0.6 is 0 Å². The van der Waals surface area contributed by atoms with Crippen LogP contribution in [0.5, 0.6) is 0 Å². The minimum absolute atomic E-state index is 0.00931. The average molecular weight is 1140 g/mol. The number of carbonyl (C=O) groups is 2. The Morgan fingerprint density at radius 3 is 0.951 bits per heavy atom. The number of unbranched alkanes of at least 4 members (excludes halogenated alkanes) is 51. The number of carbonyl (C=O) groups excluding carboxylic acids is 2. The molecule has 0 spiro atoms. The third-order valence-electron chi connectivity index (χ3n) is 16.8. The normalized spacial score (nSPS) is 12.8. The number of esters is 1. The highest BCUT2D eigenvalue weighted by Gasteiger charge is 2.18. The highest BCUT2D eigenvalue weighted by molar-refractivity contribution is 5.76. The van der Waals surface area contributed by atoms with E-state index in [1.54, 1.807) is 6.08 Å². The largest absolute Gasteiger partial charge is 0.466 e. The molecule has 0 aromatic rings. The number of aliphatic hydroxyl groups excluding tert-OH is 2. The molecule has 0 rings (SSSR count). The zero-order valence-corrected chi connectivity index (χ0v) is 54.5. The third kappa shape index (κ3) is 66.8. The van der Waals surface area contributed by atoms with Gasteiger partial charge in [0.15, 0.2) is 0 Å². The first kappa shape index (κ1) is 78.8. The van der Waals surface area contributed by atoms with E-state index >= 15 is 0 Å².